The topological polar surface area (TPSA) is 12.0 Å². The molecule has 0 amide bonds. The third kappa shape index (κ3) is 3.72. The van der Waals surface area contributed by atoms with Gasteiger partial charge in [-0.25, -0.2) is 4.39 Å². The van der Waals surface area contributed by atoms with Crippen LogP contribution < -0.4 is 5.32 Å². The van der Waals surface area contributed by atoms with E-state index in [0.29, 0.717) is 0 Å². The van der Waals surface area contributed by atoms with Crippen LogP contribution in [0.2, 0.25) is 0 Å². The van der Waals surface area contributed by atoms with Crippen molar-refractivity contribution in [3.63, 3.8) is 0 Å². The molecule has 0 spiro atoms. The zero-order chi connectivity index (χ0) is 15.6. The lowest BCUT2D eigenvalue weighted by Gasteiger charge is -2.23. The van der Waals surface area contributed by atoms with Gasteiger partial charge in [-0.15, -0.1) is 0 Å². The first kappa shape index (κ1) is 16.2. The average Bonchev–Trinajstić information content (AvgIpc) is 2.35. The van der Waals surface area contributed by atoms with Crippen molar-refractivity contribution in [1.82, 2.24) is 5.32 Å². The van der Waals surface area contributed by atoms with E-state index in [9.17, 15) is 4.39 Å². The van der Waals surface area contributed by atoms with Crippen LogP contribution in [0.1, 0.15) is 40.8 Å². The van der Waals surface area contributed by atoms with Gasteiger partial charge in [0.25, 0.3) is 0 Å². The summed E-state index contributed by atoms with van der Waals surface area (Å²) in [6, 6.07) is 9.73. The molecule has 0 heterocycles. The van der Waals surface area contributed by atoms with E-state index in [1.54, 1.807) is 6.07 Å². The normalized spacial score (nSPS) is 12.5. The van der Waals surface area contributed by atoms with E-state index in [-0.39, 0.29) is 11.9 Å². The van der Waals surface area contributed by atoms with Crippen LogP contribution in [0.4, 0.5) is 4.39 Å². The Morgan fingerprint density at radius 3 is 2.29 bits per heavy atom. The fraction of sp³-hybridized carbons (Fsp3) is 0.333. The molecule has 3 heteroatoms. The summed E-state index contributed by atoms with van der Waals surface area (Å²) in [6.07, 6.45) is 0. The highest BCUT2D eigenvalue weighted by atomic mass is 79.9. The Labute approximate surface area is 134 Å². The Morgan fingerprint density at radius 1 is 1.05 bits per heavy atom. The molecule has 21 heavy (non-hydrogen) atoms. The fourth-order valence-electron chi connectivity index (χ4n) is 2.81. The molecule has 1 nitrogen and oxygen atoms in total. The van der Waals surface area contributed by atoms with Gasteiger partial charge in [-0.3, -0.25) is 0 Å². The lowest BCUT2D eigenvalue weighted by molar-refractivity contribution is 0.555. The third-order valence-electron chi connectivity index (χ3n) is 3.58. The molecule has 1 unspecified atom stereocenters. The molecule has 2 rings (SSSR count). The van der Waals surface area contributed by atoms with Crippen LogP contribution in [0, 0.1) is 26.6 Å². The van der Waals surface area contributed by atoms with Crippen molar-refractivity contribution in [2.75, 3.05) is 6.54 Å². The van der Waals surface area contributed by atoms with Crippen LogP contribution in [0.5, 0.6) is 0 Å². The van der Waals surface area contributed by atoms with E-state index in [2.05, 4.69) is 46.4 Å². The molecule has 112 valence electrons. The summed E-state index contributed by atoms with van der Waals surface area (Å²) in [7, 11) is 0. The third-order valence-corrected chi connectivity index (χ3v) is 4.03. The SMILES string of the molecule is CCNC(c1cc(C)cc(Br)c1)c1c(C)cc(C)cc1F. The van der Waals surface area contributed by atoms with Crippen LogP contribution in [0.25, 0.3) is 0 Å². The number of halogens is 2. The predicted octanol–water partition coefficient (Wildman–Crippen LogP) is 5.21. The Bertz CT molecular complexity index is 608. The maximum atomic E-state index is 14.5. The second kappa shape index (κ2) is 6.71. The van der Waals surface area contributed by atoms with Crippen molar-refractivity contribution in [2.45, 2.75) is 33.7 Å². The molecule has 0 saturated heterocycles. The van der Waals surface area contributed by atoms with Crippen molar-refractivity contribution >= 4 is 15.9 Å². The monoisotopic (exact) mass is 349 g/mol. The molecule has 0 aliphatic carbocycles. The number of aryl methyl sites for hydroxylation is 3. The lowest BCUT2D eigenvalue weighted by atomic mass is 9.92. The van der Waals surface area contributed by atoms with Gasteiger partial charge in [0.05, 0.1) is 6.04 Å². The molecule has 0 aliphatic heterocycles. The highest BCUT2D eigenvalue weighted by molar-refractivity contribution is 9.10. The first-order valence-corrected chi connectivity index (χ1v) is 7.98. The van der Waals surface area contributed by atoms with Crippen molar-refractivity contribution in [3.8, 4) is 0 Å². The molecule has 0 bridgehead atoms. The van der Waals surface area contributed by atoms with Crippen molar-refractivity contribution in [2.24, 2.45) is 0 Å². The quantitative estimate of drug-likeness (QED) is 0.798. The van der Waals surface area contributed by atoms with E-state index >= 15 is 0 Å². The minimum absolute atomic E-state index is 0.133. The second-order valence-corrected chi connectivity index (χ2v) is 6.45. The largest absolute Gasteiger partial charge is 0.306 e. The summed E-state index contributed by atoms with van der Waals surface area (Å²) >= 11 is 3.53. The zero-order valence-corrected chi connectivity index (χ0v) is 14.5. The van der Waals surface area contributed by atoms with Crippen LogP contribution >= 0.6 is 15.9 Å². The number of hydrogen-bond acceptors (Lipinski definition) is 1. The van der Waals surface area contributed by atoms with Crippen LogP contribution in [-0.2, 0) is 0 Å². The van der Waals surface area contributed by atoms with Crippen LogP contribution in [0.3, 0.4) is 0 Å². The van der Waals surface area contributed by atoms with Gasteiger partial charge in [0.2, 0.25) is 0 Å². The molecule has 2 aromatic carbocycles. The van der Waals surface area contributed by atoms with Crippen LogP contribution in [-0.4, -0.2) is 6.54 Å². The van der Waals surface area contributed by atoms with Gasteiger partial charge in [-0.05, 0) is 67.8 Å². The summed E-state index contributed by atoms with van der Waals surface area (Å²) in [5.41, 5.74) is 4.91. The molecule has 1 atom stereocenters. The molecular weight excluding hydrogens is 329 g/mol. The van der Waals surface area contributed by atoms with E-state index < -0.39 is 0 Å². The van der Waals surface area contributed by atoms with Gasteiger partial charge in [0, 0.05) is 10.0 Å². The summed E-state index contributed by atoms with van der Waals surface area (Å²) < 4.78 is 15.5. The minimum atomic E-state index is -0.143. The fourth-order valence-corrected chi connectivity index (χ4v) is 3.44. The molecular formula is C18H21BrFN. The number of rotatable bonds is 4. The number of benzene rings is 2. The van der Waals surface area contributed by atoms with Crippen molar-refractivity contribution in [1.29, 1.82) is 0 Å². The Kier molecular flexibility index (Phi) is 5.17. The smallest absolute Gasteiger partial charge is 0.128 e. The van der Waals surface area contributed by atoms with E-state index in [0.717, 1.165) is 38.8 Å². The molecule has 0 aliphatic rings. The molecule has 0 aromatic heterocycles. The molecule has 0 saturated carbocycles. The van der Waals surface area contributed by atoms with E-state index in [4.69, 9.17) is 0 Å². The van der Waals surface area contributed by atoms with Crippen molar-refractivity contribution < 1.29 is 4.39 Å². The first-order chi connectivity index (χ1) is 9.92. The second-order valence-electron chi connectivity index (χ2n) is 5.53. The standard InChI is InChI=1S/C18H21BrFN/c1-5-21-18(14-7-12(3)8-15(19)10-14)17-13(4)6-11(2)9-16(17)20/h6-10,18,21H,5H2,1-4H3. The Hall–Kier alpha value is -1.19. The summed E-state index contributed by atoms with van der Waals surface area (Å²) in [5.74, 6) is -0.143. The van der Waals surface area contributed by atoms with Crippen molar-refractivity contribution in [3.05, 3.63) is 68.4 Å². The highest BCUT2D eigenvalue weighted by Gasteiger charge is 2.20. The number of hydrogen-bond donors (Lipinski definition) is 1. The summed E-state index contributed by atoms with van der Waals surface area (Å²) in [4.78, 5) is 0. The van der Waals surface area contributed by atoms with E-state index in [1.807, 2.05) is 26.8 Å². The van der Waals surface area contributed by atoms with Gasteiger partial charge in [-0.2, -0.15) is 0 Å². The summed E-state index contributed by atoms with van der Waals surface area (Å²) in [5, 5.41) is 3.41. The maximum absolute atomic E-state index is 14.5. The van der Waals surface area contributed by atoms with Crippen LogP contribution in [0.15, 0.2) is 34.8 Å². The number of nitrogens with one attached hydrogen (secondary N) is 1. The first-order valence-electron chi connectivity index (χ1n) is 7.19. The minimum Gasteiger partial charge on any atom is -0.306 e. The molecule has 1 N–H and O–H groups in total. The Balaban J connectivity index is 2.58. The van der Waals surface area contributed by atoms with Gasteiger partial charge in [0.1, 0.15) is 5.82 Å². The summed E-state index contributed by atoms with van der Waals surface area (Å²) in [6.45, 7) is 8.77. The van der Waals surface area contributed by atoms with Gasteiger partial charge < -0.3 is 5.32 Å². The predicted molar refractivity (Wildman–Crippen MR) is 90.3 cm³/mol. The van der Waals surface area contributed by atoms with Gasteiger partial charge in [-0.1, -0.05) is 35.0 Å². The lowest BCUT2D eigenvalue weighted by Crippen LogP contribution is -2.24. The molecule has 0 radical (unpaired) electrons. The average molecular weight is 350 g/mol. The molecule has 0 fully saturated rings. The highest BCUT2D eigenvalue weighted by Crippen LogP contribution is 2.30. The molecule has 2 aromatic rings. The van der Waals surface area contributed by atoms with Gasteiger partial charge >= 0.3 is 0 Å². The van der Waals surface area contributed by atoms with E-state index in [1.165, 1.54) is 0 Å². The Morgan fingerprint density at radius 2 is 1.71 bits per heavy atom. The van der Waals surface area contributed by atoms with Gasteiger partial charge in [0.15, 0.2) is 0 Å². The zero-order valence-electron chi connectivity index (χ0n) is 12.9. The maximum Gasteiger partial charge on any atom is 0.128 e.